The Bertz CT molecular complexity index is 759. The summed E-state index contributed by atoms with van der Waals surface area (Å²) >= 11 is 1.64. The van der Waals surface area contributed by atoms with Gasteiger partial charge in [0, 0.05) is 17.1 Å². The second kappa shape index (κ2) is 10.8. The Morgan fingerprint density at radius 1 is 1.12 bits per heavy atom. The Morgan fingerprint density at radius 2 is 1.85 bits per heavy atom. The van der Waals surface area contributed by atoms with E-state index in [2.05, 4.69) is 49.8 Å². The van der Waals surface area contributed by atoms with E-state index in [0.29, 0.717) is 12.3 Å². The van der Waals surface area contributed by atoms with Gasteiger partial charge in [0.25, 0.3) is 0 Å². The molecule has 0 fully saturated rings. The van der Waals surface area contributed by atoms with Gasteiger partial charge in [-0.2, -0.15) is 5.26 Å². The molecule has 0 radical (unpaired) electrons. The van der Waals surface area contributed by atoms with E-state index < -0.39 is 0 Å². The number of rotatable bonds is 5. The number of benzene rings is 2. The van der Waals surface area contributed by atoms with Crippen molar-refractivity contribution in [3.63, 3.8) is 0 Å². The molecule has 136 valence electrons. The van der Waals surface area contributed by atoms with Crippen LogP contribution in [-0.2, 0) is 12.8 Å². The number of nitriles is 1. The minimum Gasteiger partial charge on any atom is -0.263 e. The Morgan fingerprint density at radius 3 is 2.54 bits per heavy atom. The fraction of sp³-hybridized carbons (Fsp3) is 0.391. The van der Waals surface area contributed by atoms with Crippen LogP contribution in [0.3, 0.4) is 0 Å². The summed E-state index contributed by atoms with van der Waals surface area (Å²) in [5.74, 6) is 1.48. The maximum Gasteiger partial charge on any atom is 0.0758 e. The summed E-state index contributed by atoms with van der Waals surface area (Å²) < 4.78 is 0. The lowest BCUT2D eigenvalue weighted by Crippen LogP contribution is -2.03. The van der Waals surface area contributed by atoms with E-state index in [1.807, 2.05) is 24.3 Å². The topological polar surface area (TPSA) is 36.1 Å². The van der Waals surface area contributed by atoms with Crippen LogP contribution in [0.25, 0.3) is 0 Å². The molecule has 0 atom stereocenters. The Balaban J connectivity index is 0.000000187. The molecule has 1 aliphatic carbocycles. The molecule has 26 heavy (non-hydrogen) atoms. The SMILES string of the molecule is C=Nc1ccccc1SCCC#N.CC(C)c1ccc2c(c1)CCCC2. The van der Waals surface area contributed by atoms with Crippen molar-refractivity contribution in [2.45, 2.75) is 56.8 Å². The van der Waals surface area contributed by atoms with Gasteiger partial charge in [-0.1, -0.05) is 44.2 Å². The van der Waals surface area contributed by atoms with E-state index in [1.165, 1.54) is 31.2 Å². The summed E-state index contributed by atoms with van der Waals surface area (Å²) in [4.78, 5) is 4.99. The van der Waals surface area contributed by atoms with Crippen molar-refractivity contribution in [1.29, 1.82) is 5.26 Å². The number of hydrogen-bond donors (Lipinski definition) is 0. The van der Waals surface area contributed by atoms with Crippen LogP contribution < -0.4 is 0 Å². The third kappa shape index (κ3) is 6.04. The molecule has 2 aromatic rings. The van der Waals surface area contributed by atoms with Gasteiger partial charge in [-0.3, -0.25) is 4.99 Å². The zero-order chi connectivity index (χ0) is 18.8. The van der Waals surface area contributed by atoms with Gasteiger partial charge in [-0.05, 0) is 67.1 Å². The van der Waals surface area contributed by atoms with Gasteiger partial charge in [0.1, 0.15) is 0 Å². The van der Waals surface area contributed by atoms with Crippen LogP contribution in [0.4, 0.5) is 5.69 Å². The number of nitrogens with zero attached hydrogens (tertiary/aromatic N) is 2. The zero-order valence-electron chi connectivity index (χ0n) is 15.9. The molecule has 3 heteroatoms. The first-order chi connectivity index (χ1) is 12.7. The molecule has 0 spiro atoms. The van der Waals surface area contributed by atoms with E-state index in [9.17, 15) is 0 Å². The molecule has 0 saturated heterocycles. The summed E-state index contributed by atoms with van der Waals surface area (Å²) in [6.45, 7) is 8.03. The lowest BCUT2D eigenvalue weighted by Gasteiger charge is -2.17. The maximum absolute atomic E-state index is 8.37. The molecule has 0 N–H and O–H groups in total. The van der Waals surface area contributed by atoms with Gasteiger partial charge >= 0.3 is 0 Å². The van der Waals surface area contributed by atoms with Crippen LogP contribution in [0.5, 0.6) is 0 Å². The van der Waals surface area contributed by atoms with Gasteiger partial charge in [0.2, 0.25) is 0 Å². The second-order valence-electron chi connectivity index (χ2n) is 6.77. The third-order valence-electron chi connectivity index (χ3n) is 4.55. The number of para-hydroxylation sites is 1. The molecular formula is C23H28N2S. The average molecular weight is 365 g/mol. The zero-order valence-corrected chi connectivity index (χ0v) is 16.7. The van der Waals surface area contributed by atoms with Crippen molar-refractivity contribution in [1.82, 2.24) is 0 Å². The molecular weight excluding hydrogens is 336 g/mol. The fourth-order valence-electron chi connectivity index (χ4n) is 3.03. The maximum atomic E-state index is 8.37. The first-order valence-electron chi connectivity index (χ1n) is 9.33. The molecule has 0 amide bonds. The minimum absolute atomic E-state index is 0.566. The molecule has 0 saturated carbocycles. The number of hydrogen-bond acceptors (Lipinski definition) is 3. The first-order valence-corrected chi connectivity index (χ1v) is 10.3. The number of aliphatic imine (C=N–C) groups is 1. The standard InChI is InChI=1S/C13H18.C10H10N2S/c1-10(2)12-8-7-11-5-3-4-6-13(11)9-12;1-12-9-5-2-3-6-10(9)13-8-4-7-11/h7-10H,3-6H2,1-2H3;2-3,5-6H,1,4,8H2. The minimum atomic E-state index is 0.566. The molecule has 2 nitrogen and oxygen atoms in total. The third-order valence-corrected chi connectivity index (χ3v) is 5.61. The largest absolute Gasteiger partial charge is 0.263 e. The van der Waals surface area contributed by atoms with Gasteiger partial charge in [0.15, 0.2) is 0 Å². The first kappa shape index (κ1) is 20.3. The van der Waals surface area contributed by atoms with E-state index in [-0.39, 0.29) is 0 Å². The number of aryl methyl sites for hydroxylation is 2. The van der Waals surface area contributed by atoms with Gasteiger partial charge in [-0.15, -0.1) is 11.8 Å². The van der Waals surface area contributed by atoms with E-state index in [0.717, 1.165) is 16.3 Å². The van der Waals surface area contributed by atoms with Crippen LogP contribution in [0.1, 0.15) is 55.7 Å². The Hall–Kier alpha value is -2.05. The quantitative estimate of drug-likeness (QED) is 0.336. The molecule has 0 aromatic heterocycles. The molecule has 1 aliphatic rings. The molecule has 0 unspecified atom stereocenters. The van der Waals surface area contributed by atoms with Crippen molar-refractivity contribution in [3.8, 4) is 6.07 Å². The highest BCUT2D eigenvalue weighted by molar-refractivity contribution is 7.99. The molecule has 2 aromatic carbocycles. The van der Waals surface area contributed by atoms with Crippen LogP contribution >= 0.6 is 11.8 Å². The van der Waals surface area contributed by atoms with Crippen molar-refractivity contribution in [2.75, 3.05) is 5.75 Å². The lowest BCUT2D eigenvalue weighted by atomic mass is 9.88. The highest BCUT2D eigenvalue weighted by Gasteiger charge is 2.10. The predicted octanol–water partition coefficient (Wildman–Crippen LogP) is 6.71. The van der Waals surface area contributed by atoms with E-state index in [4.69, 9.17) is 5.26 Å². The van der Waals surface area contributed by atoms with Crippen molar-refractivity contribution < 1.29 is 0 Å². The van der Waals surface area contributed by atoms with Crippen LogP contribution in [0, 0.1) is 11.3 Å². The highest BCUT2D eigenvalue weighted by Crippen LogP contribution is 2.29. The fourth-order valence-corrected chi connectivity index (χ4v) is 3.90. The van der Waals surface area contributed by atoms with Crippen molar-refractivity contribution in [3.05, 3.63) is 59.2 Å². The molecule has 0 heterocycles. The summed E-state index contributed by atoms with van der Waals surface area (Å²) in [6.07, 6.45) is 5.93. The average Bonchev–Trinajstić information content (AvgIpc) is 2.68. The number of thioether (sulfide) groups is 1. The monoisotopic (exact) mass is 364 g/mol. The molecule has 0 aliphatic heterocycles. The van der Waals surface area contributed by atoms with E-state index in [1.54, 1.807) is 22.9 Å². The van der Waals surface area contributed by atoms with Gasteiger partial charge in [-0.25, -0.2) is 0 Å². The summed E-state index contributed by atoms with van der Waals surface area (Å²) in [5.41, 5.74) is 5.60. The Labute approximate surface area is 162 Å². The molecule has 0 bridgehead atoms. The van der Waals surface area contributed by atoms with Gasteiger partial charge < -0.3 is 0 Å². The van der Waals surface area contributed by atoms with Crippen LogP contribution in [-0.4, -0.2) is 12.5 Å². The smallest absolute Gasteiger partial charge is 0.0758 e. The summed E-state index contributed by atoms with van der Waals surface area (Å²) in [6, 6.07) is 17.0. The van der Waals surface area contributed by atoms with Crippen LogP contribution in [0.15, 0.2) is 52.4 Å². The normalized spacial score (nSPS) is 12.5. The van der Waals surface area contributed by atoms with E-state index >= 15 is 0 Å². The van der Waals surface area contributed by atoms with Crippen LogP contribution in [0.2, 0.25) is 0 Å². The number of fused-ring (bicyclic) bond motifs is 1. The van der Waals surface area contributed by atoms with Crippen molar-refractivity contribution >= 4 is 24.2 Å². The Kier molecular flexibility index (Phi) is 8.44. The lowest BCUT2D eigenvalue weighted by molar-refractivity contribution is 0.682. The second-order valence-corrected chi connectivity index (χ2v) is 7.91. The highest BCUT2D eigenvalue weighted by atomic mass is 32.2. The summed E-state index contributed by atoms with van der Waals surface area (Å²) in [5, 5.41) is 8.37. The predicted molar refractivity (Wildman–Crippen MR) is 114 cm³/mol. The van der Waals surface area contributed by atoms with Crippen molar-refractivity contribution in [2.24, 2.45) is 4.99 Å². The summed E-state index contributed by atoms with van der Waals surface area (Å²) in [7, 11) is 0. The van der Waals surface area contributed by atoms with Gasteiger partial charge in [0.05, 0.1) is 11.8 Å². The molecule has 3 rings (SSSR count).